The van der Waals surface area contributed by atoms with Gasteiger partial charge in [-0.25, -0.2) is 4.39 Å². The molecule has 1 aromatic rings. The highest BCUT2D eigenvalue weighted by molar-refractivity contribution is 9.10. The van der Waals surface area contributed by atoms with Crippen molar-refractivity contribution in [3.8, 4) is 11.8 Å². The molecule has 0 spiro atoms. The lowest BCUT2D eigenvalue weighted by molar-refractivity contribution is 0.224. The molecule has 1 aromatic carbocycles. The molecule has 0 radical (unpaired) electrons. The molecule has 0 amide bonds. The second-order valence-corrected chi connectivity index (χ2v) is 4.38. The zero-order chi connectivity index (χ0) is 11.1. The van der Waals surface area contributed by atoms with E-state index in [-0.39, 0.29) is 5.75 Å². The molecule has 0 aliphatic heterocycles. The van der Waals surface area contributed by atoms with Gasteiger partial charge < -0.3 is 10.5 Å². The zero-order valence-electron chi connectivity index (χ0n) is 7.76. The maximum atomic E-state index is 13.5. The lowest BCUT2D eigenvalue weighted by atomic mass is 10.3. The topological polar surface area (TPSA) is 59.0 Å². The second-order valence-electron chi connectivity index (χ2n) is 3.52. The van der Waals surface area contributed by atoms with E-state index < -0.39 is 11.4 Å². The number of nitrogens with zero attached hydrogens (tertiary/aromatic N) is 1. The van der Waals surface area contributed by atoms with Gasteiger partial charge in [0.05, 0.1) is 4.47 Å². The lowest BCUT2D eigenvalue weighted by Gasteiger charge is -2.13. The molecule has 1 aliphatic carbocycles. The first kappa shape index (κ1) is 10.2. The van der Waals surface area contributed by atoms with Gasteiger partial charge in [0.1, 0.15) is 6.07 Å². The summed E-state index contributed by atoms with van der Waals surface area (Å²) in [5.74, 6) is -0.494. The van der Waals surface area contributed by atoms with Crippen LogP contribution in [0.15, 0.2) is 16.6 Å². The minimum Gasteiger partial charge on any atom is -0.468 e. The standard InChI is InChI=1S/C10H8BrFN2O/c11-7-3-6(14)4-8(12)9(7)15-10(5-13)1-2-10/h3-4H,1-2,14H2. The van der Waals surface area contributed by atoms with Gasteiger partial charge in [-0.05, 0) is 22.0 Å². The Kier molecular flexibility index (Phi) is 2.31. The Morgan fingerprint density at radius 3 is 2.67 bits per heavy atom. The Hall–Kier alpha value is -1.28. The summed E-state index contributed by atoms with van der Waals surface area (Å²) in [4.78, 5) is 0. The molecule has 0 saturated heterocycles. The van der Waals surface area contributed by atoms with E-state index in [2.05, 4.69) is 15.9 Å². The van der Waals surface area contributed by atoms with Crippen LogP contribution >= 0.6 is 15.9 Å². The van der Waals surface area contributed by atoms with Gasteiger partial charge in [-0.15, -0.1) is 0 Å². The molecule has 0 bridgehead atoms. The fourth-order valence-electron chi connectivity index (χ4n) is 1.22. The van der Waals surface area contributed by atoms with E-state index in [9.17, 15) is 4.39 Å². The predicted molar refractivity (Wildman–Crippen MR) is 56.7 cm³/mol. The molecule has 0 heterocycles. The number of nitrogen functional groups attached to an aromatic ring is 1. The molecule has 3 nitrogen and oxygen atoms in total. The summed E-state index contributed by atoms with van der Waals surface area (Å²) in [7, 11) is 0. The van der Waals surface area contributed by atoms with Gasteiger partial charge in [0, 0.05) is 24.6 Å². The number of hydrogen-bond donors (Lipinski definition) is 1. The SMILES string of the molecule is N#CC1(Oc2c(F)cc(N)cc2Br)CC1. The third-order valence-electron chi connectivity index (χ3n) is 2.23. The largest absolute Gasteiger partial charge is 0.468 e. The van der Waals surface area contributed by atoms with Crippen molar-refractivity contribution < 1.29 is 9.13 Å². The van der Waals surface area contributed by atoms with Gasteiger partial charge >= 0.3 is 0 Å². The summed E-state index contributed by atoms with van der Waals surface area (Å²) in [5, 5.41) is 8.82. The van der Waals surface area contributed by atoms with Crippen molar-refractivity contribution in [3.63, 3.8) is 0 Å². The van der Waals surface area contributed by atoms with Crippen molar-refractivity contribution in [1.29, 1.82) is 5.26 Å². The van der Waals surface area contributed by atoms with Gasteiger partial charge in [-0.3, -0.25) is 0 Å². The van der Waals surface area contributed by atoms with Gasteiger partial charge in [-0.1, -0.05) is 0 Å². The van der Waals surface area contributed by atoms with Crippen LogP contribution in [0.4, 0.5) is 10.1 Å². The summed E-state index contributed by atoms with van der Waals surface area (Å²) in [6.07, 6.45) is 1.28. The maximum absolute atomic E-state index is 13.5. The normalized spacial score (nSPS) is 16.9. The van der Waals surface area contributed by atoms with E-state index in [0.717, 1.165) is 0 Å². The van der Waals surface area contributed by atoms with Crippen molar-refractivity contribution in [2.45, 2.75) is 18.4 Å². The highest BCUT2D eigenvalue weighted by Crippen LogP contribution is 2.43. The van der Waals surface area contributed by atoms with E-state index in [1.54, 1.807) is 6.07 Å². The van der Waals surface area contributed by atoms with Gasteiger partial charge in [0.25, 0.3) is 0 Å². The number of rotatable bonds is 2. The van der Waals surface area contributed by atoms with Crippen LogP contribution in [0.1, 0.15) is 12.8 Å². The number of nitrogens with two attached hydrogens (primary N) is 1. The summed E-state index contributed by atoms with van der Waals surface area (Å²) >= 11 is 3.15. The highest BCUT2D eigenvalue weighted by Gasteiger charge is 2.47. The predicted octanol–water partition coefficient (Wildman–Crippen LogP) is 2.61. The van der Waals surface area contributed by atoms with Gasteiger partial charge in [0.2, 0.25) is 0 Å². The first-order valence-corrected chi connectivity index (χ1v) is 5.20. The van der Waals surface area contributed by atoms with Crippen LogP contribution in [-0.4, -0.2) is 5.60 Å². The molecule has 0 aromatic heterocycles. The molecule has 1 fully saturated rings. The van der Waals surface area contributed by atoms with E-state index >= 15 is 0 Å². The highest BCUT2D eigenvalue weighted by atomic mass is 79.9. The summed E-state index contributed by atoms with van der Waals surface area (Å²) in [5.41, 5.74) is 4.93. The van der Waals surface area contributed by atoms with Crippen molar-refractivity contribution >= 4 is 21.6 Å². The monoisotopic (exact) mass is 270 g/mol. The molecule has 0 atom stereocenters. The number of halogens is 2. The Bertz CT molecular complexity index is 428. The second kappa shape index (κ2) is 3.38. The number of ether oxygens (including phenoxy) is 1. The van der Waals surface area contributed by atoms with Gasteiger partial charge in [0.15, 0.2) is 17.2 Å². The minimum absolute atomic E-state index is 0.0586. The number of nitriles is 1. The van der Waals surface area contributed by atoms with Gasteiger partial charge in [-0.2, -0.15) is 5.26 Å². The first-order chi connectivity index (χ1) is 7.06. The average molecular weight is 271 g/mol. The van der Waals surface area contributed by atoms with Crippen LogP contribution in [0.3, 0.4) is 0 Å². The summed E-state index contributed by atoms with van der Waals surface area (Å²) in [6, 6.07) is 4.75. The third kappa shape index (κ3) is 1.90. The molecule has 78 valence electrons. The van der Waals surface area contributed by atoms with Crippen LogP contribution < -0.4 is 10.5 Å². The fraction of sp³-hybridized carbons (Fsp3) is 0.300. The van der Waals surface area contributed by atoms with Crippen molar-refractivity contribution in [1.82, 2.24) is 0 Å². The smallest absolute Gasteiger partial charge is 0.194 e. The molecular weight excluding hydrogens is 263 g/mol. The van der Waals surface area contributed by atoms with E-state index in [1.165, 1.54) is 6.07 Å². The quantitative estimate of drug-likeness (QED) is 0.841. The molecule has 1 aliphatic rings. The number of anilines is 1. The molecule has 0 unspecified atom stereocenters. The van der Waals surface area contributed by atoms with E-state index in [1.807, 2.05) is 6.07 Å². The van der Waals surface area contributed by atoms with Crippen LogP contribution in [0, 0.1) is 17.1 Å². The zero-order valence-corrected chi connectivity index (χ0v) is 9.34. The summed E-state index contributed by atoms with van der Waals surface area (Å²) in [6.45, 7) is 0. The maximum Gasteiger partial charge on any atom is 0.194 e. The molecule has 2 N–H and O–H groups in total. The molecule has 15 heavy (non-hydrogen) atoms. The molecule has 5 heteroatoms. The van der Waals surface area contributed by atoms with Crippen LogP contribution in [0.25, 0.3) is 0 Å². The van der Waals surface area contributed by atoms with Crippen molar-refractivity contribution in [3.05, 3.63) is 22.4 Å². The first-order valence-electron chi connectivity index (χ1n) is 4.41. The molecular formula is C10H8BrFN2O. The third-order valence-corrected chi connectivity index (χ3v) is 2.81. The van der Waals surface area contributed by atoms with Crippen LogP contribution in [0.2, 0.25) is 0 Å². The van der Waals surface area contributed by atoms with E-state index in [0.29, 0.717) is 23.0 Å². The Morgan fingerprint density at radius 1 is 1.53 bits per heavy atom. The Morgan fingerprint density at radius 2 is 2.20 bits per heavy atom. The van der Waals surface area contributed by atoms with Crippen LogP contribution in [-0.2, 0) is 0 Å². The molecule has 2 rings (SSSR count). The van der Waals surface area contributed by atoms with E-state index in [4.69, 9.17) is 15.7 Å². The number of benzene rings is 1. The Balaban J connectivity index is 2.33. The molecule has 1 saturated carbocycles. The van der Waals surface area contributed by atoms with Crippen molar-refractivity contribution in [2.24, 2.45) is 0 Å². The lowest BCUT2D eigenvalue weighted by Crippen LogP contribution is -2.16. The fourth-order valence-corrected chi connectivity index (χ4v) is 1.76. The van der Waals surface area contributed by atoms with Crippen molar-refractivity contribution in [2.75, 3.05) is 5.73 Å². The Labute approximate surface area is 94.8 Å². The van der Waals surface area contributed by atoms with Crippen LogP contribution in [0.5, 0.6) is 5.75 Å². The number of hydrogen-bond acceptors (Lipinski definition) is 3. The minimum atomic E-state index is -0.834. The summed E-state index contributed by atoms with van der Waals surface area (Å²) < 4.78 is 19.2. The average Bonchev–Trinajstić information content (AvgIpc) is 2.92.